The van der Waals surface area contributed by atoms with Gasteiger partial charge < -0.3 is 10.6 Å². The van der Waals surface area contributed by atoms with E-state index in [0.717, 1.165) is 6.54 Å². The third-order valence-electron chi connectivity index (χ3n) is 2.95. The second-order valence-corrected chi connectivity index (χ2v) is 3.96. The van der Waals surface area contributed by atoms with E-state index < -0.39 is 0 Å². The minimum absolute atomic E-state index is 0.889. The minimum atomic E-state index is 0.889. The van der Waals surface area contributed by atoms with Gasteiger partial charge in [-0.15, -0.1) is 0 Å². The highest BCUT2D eigenvalue weighted by Gasteiger charge is 2.10. The summed E-state index contributed by atoms with van der Waals surface area (Å²) >= 11 is 0. The van der Waals surface area contributed by atoms with Gasteiger partial charge in [0.15, 0.2) is 0 Å². The van der Waals surface area contributed by atoms with Crippen LogP contribution in [0.3, 0.4) is 0 Å². The monoisotopic (exact) mass is 191 g/mol. The van der Waals surface area contributed by atoms with E-state index in [1.54, 1.807) is 0 Å². The van der Waals surface area contributed by atoms with Gasteiger partial charge in [-0.2, -0.15) is 0 Å². The molecule has 0 unspecified atom stereocenters. The Balaban J connectivity index is 2.07. The Hall–Kier alpha value is -1.02. The predicted molar refractivity (Wildman–Crippen MR) is 59.1 cm³/mol. The van der Waals surface area contributed by atoms with Gasteiger partial charge in [-0.3, -0.25) is 0 Å². The van der Waals surface area contributed by atoms with Crippen LogP contribution >= 0.6 is 0 Å². The molecule has 0 spiro atoms. The molecule has 1 fully saturated rings. The largest absolute Gasteiger partial charge is 0.372 e. The first-order chi connectivity index (χ1) is 6.90. The van der Waals surface area contributed by atoms with Gasteiger partial charge >= 0.3 is 0 Å². The Morgan fingerprint density at radius 3 is 2.21 bits per heavy atom. The lowest BCUT2D eigenvalue weighted by atomic mass is 10.1. The Kier molecular flexibility index (Phi) is 3.04. The molecular weight excluding hydrogens is 172 g/mol. The van der Waals surface area contributed by atoms with Crippen molar-refractivity contribution < 1.29 is 5.73 Å². The lowest BCUT2D eigenvalue weighted by molar-refractivity contribution is -0.386. The van der Waals surface area contributed by atoms with Crippen LogP contribution in [-0.2, 0) is 6.54 Å². The van der Waals surface area contributed by atoms with Crippen molar-refractivity contribution in [1.29, 1.82) is 0 Å². The van der Waals surface area contributed by atoms with Crippen molar-refractivity contribution in [3.05, 3.63) is 29.8 Å². The summed E-state index contributed by atoms with van der Waals surface area (Å²) in [5, 5.41) is 0. The number of quaternary nitrogens is 1. The second kappa shape index (κ2) is 4.47. The van der Waals surface area contributed by atoms with Gasteiger partial charge in [0.25, 0.3) is 0 Å². The number of hydrogen-bond acceptors (Lipinski definition) is 1. The standard InChI is InChI=1S/C12H18N2/c13-10-11-4-6-12(7-5-11)14-8-2-1-3-9-14/h4-7H,1-3,8-10,13H2/p+1. The molecule has 3 N–H and O–H groups in total. The minimum Gasteiger partial charge on any atom is -0.372 e. The Labute approximate surface area is 85.7 Å². The zero-order valence-electron chi connectivity index (χ0n) is 8.71. The van der Waals surface area contributed by atoms with Crippen LogP contribution in [0.2, 0.25) is 0 Å². The zero-order valence-corrected chi connectivity index (χ0v) is 8.71. The first kappa shape index (κ1) is 9.53. The molecule has 1 saturated heterocycles. The number of hydrogen-bond donors (Lipinski definition) is 1. The predicted octanol–water partition coefficient (Wildman–Crippen LogP) is 1.42. The second-order valence-electron chi connectivity index (χ2n) is 3.96. The molecule has 2 rings (SSSR count). The van der Waals surface area contributed by atoms with Gasteiger partial charge in [0, 0.05) is 24.3 Å². The van der Waals surface area contributed by atoms with Crippen LogP contribution < -0.4 is 10.6 Å². The van der Waals surface area contributed by atoms with Crippen molar-refractivity contribution in [3.63, 3.8) is 0 Å². The molecule has 76 valence electrons. The van der Waals surface area contributed by atoms with Crippen LogP contribution in [0, 0.1) is 0 Å². The molecule has 1 aliphatic heterocycles. The van der Waals surface area contributed by atoms with E-state index in [1.807, 2.05) is 0 Å². The SMILES string of the molecule is [NH3+]Cc1ccc(N2CCCCC2)cc1. The Morgan fingerprint density at radius 2 is 1.64 bits per heavy atom. The first-order valence-corrected chi connectivity index (χ1v) is 5.53. The number of anilines is 1. The number of benzene rings is 1. The van der Waals surface area contributed by atoms with E-state index in [0.29, 0.717) is 0 Å². The fourth-order valence-electron chi connectivity index (χ4n) is 2.03. The van der Waals surface area contributed by atoms with E-state index >= 15 is 0 Å². The fourth-order valence-corrected chi connectivity index (χ4v) is 2.03. The maximum Gasteiger partial charge on any atom is 0.0997 e. The molecule has 1 aromatic carbocycles. The Bertz CT molecular complexity index is 273. The summed E-state index contributed by atoms with van der Waals surface area (Å²) in [4.78, 5) is 2.48. The quantitative estimate of drug-likeness (QED) is 0.753. The van der Waals surface area contributed by atoms with Crippen molar-refractivity contribution in [2.24, 2.45) is 0 Å². The van der Waals surface area contributed by atoms with Gasteiger partial charge in [-0.1, -0.05) is 12.1 Å². The molecule has 1 heterocycles. The van der Waals surface area contributed by atoms with Crippen LogP contribution in [0.15, 0.2) is 24.3 Å². The Morgan fingerprint density at radius 1 is 1.00 bits per heavy atom. The third-order valence-corrected chi connectivity index (χ3v) is 2.95. The summed E-state index contributed by atoms with van der Waals surface area (Å²) in [7, 11) is 0. The highest BCUT2D eigenvalue weighted by molar-refractivity contribution is 5.47. The van der Waals surface area contributed by atoms with Gasteiger partial charge in [-0.25, -0.2) is 0 Å². The van der Waals surface area contributed by atoms with Crippen LogP contribution in [0.25, 0.3) is 0 Å². The third kappa shape index (κ3) is 2.07. The molecular formula is C12H19N2+. The summed E-state index contributed by atoms with van der Waals surface area (Å²) in [6, 6.07) is 8.84. The van der Waals surface area contributed by atoms with E-state index in [4.69, 9.17) is 0 Å². The van der Waals surface area contributed by atoms with Crippen molar-refractivity contribution in [2.45, 2.75) is 25.8 Å². The van der Waals surface area contributed by atoms with Gasteiger partial charge in [0.05, 0.1) is 6.54 Å². The highest BCUT2D eigenvalue weighted by Crippen LogP contribution is 2.19. The highest BCUT2D eigenvalue weighted by atomic mass is 15.1. The van der Waals surface area contributed by atoms with E-state index in [-0.39, 0.29) is 0 Å². The fraction of sp³-hybridized carbons (Fsp3) is 0.500. The van der Waals surface area contributed by atoms with Crippen molar-refractivity contribution in [2.75, 3.05) is 18.0 Å². The van der Waals surface area contributed by atoms with E-state index in [9.17, 15) is 0 Å². The smallest absolute Gasteiger partial charge is 0.0997 e. The molecule has 0 bridgehead atoms. The summed E-state index contributed by atoms with van der Waals surface area (Å²) in [6.07, 6.45) is 4.08. The molecule has 1 aromatic rings. The normalized spacial score (nSPS) is 17.1. The molecule has 2 nitrogen and oxygen atoms in total. The molecule has 14 heavy (non-hydrogen) atoms. The van der Waals surface area contributed by atoms with Crippen molar-refractivity contribution in [3.8, 4) is 0 Å². The molecule has 0 aromatic heterocycles. The summed E-state index contributed by atoms with van der Waals surface area (Å²) in [5.74, 6) is 0. The molecule has 0 amide bonds. The van der Waals surface area contributed by atoms with Crippen molar-refractivity contribution in [1.82, 2.24) is 0 Å². The topological polar surface area (TPSA) is 30.9 Å². The van der Waals surface area contributed by atoms with Gasteiger partial charge in [0.1, 0.15) is 0 Å². The van der Waals surface area contributed by atoms with Gasteiger partial charge in [0.2, 0.25) is 0 Å². The van der Waals surface area contributed by atoms with E-state index in [2.05, 4.69) is 34.9 Å². The lowest BCUT2D eigenvalue weighted by Crippen LogP contribution is -2.47. The van der Waals surface area contributed by atoms with Crippen molar-refractivity contribution >= 4 is 5.69 Å². The van der Waals surface area contributed by atoms with E-state index in [1.165, 1.54) is 43.6 Å². The summed E-state index contributed by atoms with van der Waals surface area (Å²) in [6.45, 7) is 3.34. The van der Waals surface area contributed by atoms with Crippen LogP contribution in [0.4, 0.5) is 5.69 Å². The molecule has 2 heteroatoms. The molecule has 0 aliphatic carbocycles. The average molecular weight is 191 g/mol. The maximum absolute atomic E-state index is 3.88. The summed E-state index contributed by atoms with van der Waals surface area (Å²) < 4.78 is 0. The zero-order chi connectivity index (χ0) is 9.80. The van der Waals surface area contributed by atoms with Crippen LogP contribution in [0.1, 0.15) is 24.8 Å². The molecule has 0 radical (unpaired) electrons. The number of piperidine rings is 1. The molecule has 0 saturated carbocycles. The number of rotatable bonds is 2. The lowest BCUT2D eigenvalue weighted by Gasteiger charge is -2.28. The average Bonchev–Trinajstić information content (AvgIpc) is 2.30. The van der Waals surface area contributed by atoms with Crippen LogP contribution in [-0.4, -0.2) is 13.1 Å². The van der Waals surface area contributed by atoms with Gasteiger partial charge in [-0.05, 0) is 31.4 Å². The van der Waals surface area contributed by atoms with Crippen LogP contribution in [0.5, 0.6) is 0 Å². The molecule has 0 atom stereocenters. The first-order valence-electron chi connectivity index (χ1n) is 5.53. The molecule has 1 aliphatic rings. The maximum atomic E-state index is 3.88. The number of nitrogens with zero attached hydrogens (tertiary/aromatic N) is 1. The summed E-state index contributed by atoms with van der Waals surface area (Å²) in [5.41, 5.74) is 6.59.